The highest BCUT2D eigenvalue weighted by atomic mass is 16.6. The summed E-state index contributed by atoms with van der Waals surface area (Å²) in [5.41, 5.74) is 9.79. The number of amides is 1. The largest absolute Gasteiger partial charge is 0.464 e. The zero-order valence-electron chi connectivity index (χ0n) is 44.8. The van der Waals surface area contributed by atoms with Gasteiger partial charge >= 0.3 is 17.9 Å². The van der Waals surface area contributed by atoms with Crippen LogP contribution < -0.4 is 10.2 Å². The second-order valence-electron chi connectivity index (χ2n) is 20.1. The monoisotopic (exact) mass is 1030 g/mol. The Bertz CT molecular complexity index is 2800. The fraction of sp³-hybridized carbons (Fsp3) is 0.500. The van der Waals surface area contributed by atoms with Crippen molar-refractivity contribution in [3.8, 4) is 0 Å². The first-order chi connectivity index (χ1) is 35.7. The number of aliphatic hydroxyl groups is 2. The molecule has 1 unspecified atom stereocenters. The van der Waals surface area contributed by atoms with Crippen molar-refractivity contribution in [1.29, 1.82) is 0 Å². The number of aliphatic hydroxyl groups excluding tert-OH is 2. The number of nitrogens with one attached hydrogen (secondary N) is 1. The number of likely N-dealkylation sites (N-methyl/N-ethyl adjacent to an activating group) is 2. The lowest BCUT2D eigenvalue weighted by Crippen LogP contribution is -2.43. The molecule has 0 radical (unpaired) electrons. The average Bonchev–Trinajstić information content (AvgIpc) is 3.39. The molecule has 0 saturated carbocycles. The number of carbonyl (C=O) groups is 4. The highest BCUT2D eigenvalue weighted by Crippen LogP contribution is 2.40. The van der Waals surface area contributed by atoms with Crippen LogP contribution in [0.4, 0.5) is 22.7 Å². The van der Waals surface area contributed by atoms with Gasteiger partial charge in [0.15, 0.2) is 0 Å². The van der Waals surface area contributed by atoms with Crippen molar-refractivity contribution < 1.29 is 48.5 Å². The van der Waals surface area contributed by atoms with Gasteiger partial charge in [-0.15, -0.1) is 0 Å². The van der Waals surface area contributed by atoms with Crippen LogP contribution in [0.25, 0.3) is 42.8 Å². The number of carbonyl (C=O) groups excluding carboxylic acids is 4. The number of hydrogen-bond donors (Lipinski definition) is 3. The molecule has 3 N–H and O–H groups in total. The summed E-state index contributed by atoms with van der Waals surface area (Å²) < 4.78 is 17.9. The van der Waals surface area contributed by atoms with Crippen LogP contribution in [0.3, 0.4) is 0 Å². The number of benzene rings is 5. The predicted octanol–water partition coefficient (Wildman–Crippen LogP) is 9.90. The summed E-state index contributed by atoms with van der Waals surface area (Å²) in [4.78, 5) is 70.2. The van der Waals surface area contributed by atoms with Gasteiger partial charge < -0.3 is 39.5 Å². The Morgan fingerprint density at radius 1 is 0.840 bits per heavy atom. The van der Waals surface area contributed by atoms with Gasteiger partial charge in [-0.3, -0.25) is 29.4 Å². The van der Waals surface area contributed by atoms with Crippen LogP contribution in [0.2, 0.25) is 0 Å². The minimum Gasteiger partial charge on any atom is -0.464 e. The Morgan fingerprint density at radius 3 is 2.15 bits per heavy atom. The van der Waals surface area contributed by atoms with E-state index in [1.165, 1.54) is 30.0 Å². The zero-order valence-corrected chi connectivity index (χ0v) is 44.8. The third kappa shape index (κ3) is 15.3. The van der Waals surface area contributed by atoms with E-state index in [9.17, 15) is 39.5 Å². The number of nitro groups is 1. The zero-order chi connectivity index (χ0) is 55.1. The first kappa shape index (κ1) is 58.8. The number of rotatable bonds is 30. The van der Waals surface area contributed by atoms with Gasteiger partial charge in [0, 0.05) is 85.7 Å². The number of nitrogens with zero attached hydrogens (tertiary/aromatic N) is 7. The molecule has 0 saturated heterocycles. The highest BCUT2D eigenvalue weighted by Gasteiger charge is 2.37. The highest BCUT2D eigenvalue weighted by molar-refractivity contribution is 6.25. The molecule has 10 atom stereocenters. The van der Waals surface area contributed by atoms with Gasteiger partial charge in [-0.05, 0) is 104 Å². The summed E-state index contributed by atoms with van der Waals surface area (Å²) in [5, 5.41) is 47.9. The first-order valence-electron chi connectivity index (χ1n) is 25.6. The maximum atomic E-state index is 14.3. The van der Waals surface area contributed by atoms with Crippen molar-refractivity contribution in [3.63, 3.8) is 0 Å². The van der Waals surface area contributed by atoms with E-state index in [0.29, 0.717) is 45.1 Å². The lowest BCUT2D eigenvalue weighted by atomic mass is 9.82. The quantitative estimate of drug-likeness (QED) is 0.00370. The van der Waals surface area contributed by atoms with E-state index in [4.69, 9.17) is 19.7 Å². The predicted molar refractivity (Wildman–Crippen MR) is 292 cm³/mol. The lowest BCUT2D eigenvalue weighted by molar-refractivity contribution is -0.383. The molecule has 1 amide bonds. The Labute approximate surface area is 438 Å². The summed E-state index contributed by atoms with van der Waals surface area (Å²) in [6, 6.07) is 21.4. The molecule has 5 rings (SSSR count). The maximum Gasteiger partial charge on any atom is 0.328 e. The molecule has 19 heteroatoms. The fourth-order valence-corrected chi connectivity index (χ4v) is 9.67. The molecule has 0 aromatic heterocycles. The van der Waals surface area contributed by atoms with E-state index in [-0.39, 0.29) is 41.9 Å². The molecule has 75 heavy (non-hydrogen) atoms. The third-order valence-corrected chi connectivity index (χ3v) is 14.6. The Hall–Kier alpha value is -7.05. The average molecular weight is 1040 g/mol. The molecule has 0 spiro atoms. The molecule has 0 fully saturated rings. The molecular formula is C56H74N8O11. The van der Waals surface area contributed by atoms with Crippen LogP contribution >= 0.6 is 0 Å². The number of ether oxygens (including phenoxy) is 3. The molecule has 0 heterocycles. The van der Waals surface area contributed by atoms with Crippen molar-refractivity contribution in [2.75, 3.05) is 51.6 Å². The number of hydrogen-bond acceptors (Lipinski definition) is 15. The molecule has 0 bridgehead atoms. The SMILES string of the molecule is CC(=O)O[C@@H]([C@@H](C)[C@@H](CC[C@H](C)[C@H](O)[C@H](C)[C@@H](O)CCOC(=O)[C@H](CCCCNc1ccc(N=[N+]=[N-])cc1[N+](=O)[O-])N(C)c1ccc2ccc3cccc4ccc1c2c34)OC(=O)C(C)N(C)C)[C@H](C)/C=C/N(C)C=O. The van der Waals surface area contributed by atoms with E-state index >= 15 is 0 Å². The van der Waals surface area contributed by atoms with Gasteiger partial charge in [0.25, 0.3) is 5.69 Å². The molecule has 5 aromatic carbocycles. The van der Waals surface area contributed by atoms with Crippen LogP contribution in [0, 0.1) is 33.8 Å². The topological polar surface area (TPSA) is 250 Å². The Kier molecular flexibility index (Phi) is 21.6. The van der Waals surface area contributed by atoms with E-state index in [0.717, 1.165) is 38.0 Å². The minimum atomic E-state index is -1.06. The molecule has 0 aliphatic rings. The number of unbranched alkanes of at least 4 members (excludes halogenated alkanes) is 1. The number of azide groups is 1. The van der Waals surface area contributed by atoms with Gasteiger partial charge in [0.1, 0.15) is 30.0 Å². The van der Waals surface area contributed by atoms with E-state index in [1.807, 2.05) is 50.9 Å². The van der Waals surface area contributed by atoms with E-state index in [1.54, 1.807) is 52.2 Å². The van der Waals surface area contributed by atoms with Crippen molar-refractivity contribution in [3.05, 3.63) is 106 Å². The van der Waals surface area contributed by atoms with Gasteiger partial charge in [-0.2, -0.15) is 0 Å². The summed E-state index contributed by atoms with van der Waals surface area (Å²) in [5.74, 6) is -3.37. The number of anilines is 2. The van der Waals surface area contributed by atoms with Crippen LogP contribution in [0.5, 0.6) is 0 Å². The Balaban J connectivity index is 1.27. The van der Waals surface area contributed by atoms with Crippen molar-refractivity contribution >= 4 is 79.4 Å². The fourth-order valence-electron chi connectivity index (χ4n) is 9.67. The maximum absolute atomic E-state index is 14.3. The molecule has 0 aliphatic carbocycles. The van der Waals surface area contributed by atoms with Crippen LogP contribution in [0.1, 0.15) is 80.1 Å². The normalized spacial score (nSPS) is 15.7. The van der Waals surface area contributed by atoms with Gasteiger partial charge in [0.05, 0.1) is 23.7 Å². The Morgan fingerprint density at radius 2 is 1.51 bits per heavy atom. The standard InChI is InChI=1S/C56H74N8O11/c1-34(17-26-50(75-55(69)38(5)61(7)8)37(4)54(74-39(6)66)35(2)27-30-62(9)33-65)53(68)36(3)49(67)28-31-73-56(70)47(16-11-12-29-58-45-24-22-43(59-60-57)32-48(45)64(71)72)63(10)46-25-21-42-19-18-40-14-13-15-41-20-23-44(46)52(42)51(40)41/h13-15,18-25,27,30,32-38,47,49-50,53-54,58,67-68H,11-12,16-17,26,28-29,31H2,1-10H3/b30-27+/t34-,35+,36+,37-,38?,47-,49-,50+,53-,54+/m0/s1. The molecule has 404 valence electrons. The first-order valence-corrected chi connectivity index (χ1v) is 25.6. The summed E-state index contributed by atoms with van der Waals surface area (Å²) >= 11 is 0. The molecular weight excluding hydrogens is 961 g/mol. The summed E-state index contributed by atoms with van der Waals surface area (Å²) in [6.07, 6.45) is 2.62. The van der Waals surface area contributed by atoms with Gasteiger partial charge in [-0.1, -0.05) is 93.5 Å². The summed E-state index contributed by atoms with van der Waals surface area (Å²) in [6.45, 7) is 10.5. The minimum absolute atomic E-state index is 0.0431. The van der Waals surface area contributed by atoms with Crippen LogP contribution in [0.15, 0.2) is 90.2 Å². The second kappa shape index (κ2) is 27.5. The molecule has 0 aliphatic heterocycles. The van der Waals surface area contributed by atoms with Crippen molar-refractivity contribution in [2.45, 2.75) is 117 Å². The number of nitro benzene ring substituents is 1. The van der Waals surface area contributed by atoms with Crippen molar-refractivity contribution in [2.24, 2.45) is 28.8 Å². The van der Waals surface area contributed by atoms with E-state index < -0.39 is 71.2 Å². The smallest absolute Gasteiger partial charge is 0.328 e. The summed E-state index contributed by atoms with van der Waals surface area (Å²) in [7, 11) is 6.97. The van der Waals surface area contributed by atoms with Crippen molar-refractivity contribution in [1.82, 2.24) is 9.80 Å². The van der Waals surface area contributed by atoms with Gasteiger partial charge in [0.2, 0.25) is 6.41 Å². The van der Waals surface area contributed by atoms with E-state index in [2.05, 4.69) is 51.7 Å². The van der Waals surface area contributed by atoms with Gasteiger partial charge in [-0.25, -0.2) is 4.79 Å². The van der Waals surface area contributed by atoms with Crippen LogP contribution in [-0.2, 0) is 33.4 Å². The second-order valence-corrected chi connectivity index (χ2v) is 20.1. The lowest BCUT2D eigenvalue weighted by Gasteiger charge is -2.35. The third-order valence-electron chi connectivity index (χ3n) is 14.6. The van der Waals surface area contributed by atoms with Crippen LogP contribution in [-0.4, -0.2) is 127 Å². The molecule has 19 nitrogen and oxygen atoms in total. The molecule has 5 aromatic rings. The number of esters is 3.